The van der Waals surface area contributed by atoms with Crippen molar-refractivity contribution >= 4 is 50.6 Å². The summed E-state index contributed by atoms with van der Waals surface area (Å²) >= 11 is 8.01. The number of amides is 1. The fraction of sp³-hybridized carbons (Fsp3) is 0.286. The molecule has 5 aromatic rings. The van der Waals surface area contributed by atoms with Crippen molar-refractivity contribution in [3.05, 3.63) is 76.4 Å². The Balaban J connectivity index is 1.36. The van der Waals surface area contributed by atoms with Crippen LogP contribution in [0.1, 0.15) is 23.9 Å². The number of fused-ring (bicyclic) bond motifs is 2. The predicted octanol–water partition coefficient (Wildman–Crippen LogP) is 5.30. The van der Waals surface area contributed by atoms with Gasteiger partial charge in [-0.2, -0.15) is 5.10 Å². The average molecular weight is 596 g/mol. The summed E-state index contributed by atoms with van der Waals surface area (Å²) in [6.07, 6.45) is 6.58. The van der Waals surface area contributed by atoms with Gasteiger partial charge in [-0.1, -0.05) is 23.7 Å². The second kappa shape index (κ2) is 10.5. The van der Waals surface area contributed by atoms with E-state index >= 15 is 8.78 Å². The monoisotopic (exact) mass is 595 g/mol. The van der Waals surface area contributed by atoms with Gasteiger partial charge in [0.25, 0.3) is 5.91 Å². The van der Waals surface area contributed by atoms with Gasteiger partial charge in [-0.05, 0) is 25.0 Å². The maximum Gasteiger partial charge on any atom is 0.257 e. The highest BCUT2D eigenvalue weighted by atomic mass is 35.5. The number of ether oxygens (including phenoxy) is 1. The molecule has 9 nitrogen and oxygen atoms in total. The van der Waals surface area contributed by atoms with Crippen molar-refractivity contribution in [2.75, 3.05) is 36.5 Å². The molecule has 2 aromatic carbocycles. The number of halogens is 3. The van der Waals surface area contributed by atoms with E-state index in [0.717, 1.165) is 25.1 Å². The molecule has 2 aliphatic heterocycles. The van der Waals surface area contributed by atoms with Crippen LogP contribution in [0.5, 0.6) is 0 Å². The first-order chi connectivity index (χ1) is 20.0. The molecule has 41 heavy (non-hydrogen) atoms. The molecule has 3 aromatic heterocycles. The quantitative estimate of drug-likeness (QED) is 0.287. The van der Waals surface area contributed by atoms with E-state index in [9.17, 15) is 4.79 Å². The lowest BCUT2D eigenvalue weighted by atomic mass is 10.00. The van der Waals surface area contributed by atoms with Gasteiger partial charge < -0.3 is 14.2 Å². The molecule has 13 heteroatoms. The molecule has 210 valence electrons. The van der Waals surface area contributed by atoms with Crippen LogP contribution in [0.15, 0.2) is 48.4 Å². The molecule has 1 atom stereocenters. The Morgan fingerprint density at radius 3 is 2.80 bits per heavy atom. The summed E-state index contributed by atoms with van der Waals surface area (Å²) in [6, 6.07) is 5.07. The van der Waals surface area contributed by atoms with Gasteiger partial charge in [0.2, 0.25) is 0 Å². The molecule has 0 spiro atoms. The number of hydrogen-bond donors (Lipinski definition) is 1. The van der Waals surface area contributed by atoms with E-state index in [0.29, 0.717) is 53.8 Å². The average Bonchev–Trinajstić information content (AvgIpc) is 3.78. The Hall–Kier alpha value is -3.87. The highest BCUT2D eigenvalue weighted by Crippen LogP contribution is 2.40. The SMILES string of the molecule is O=C(Nc1nccs1)C(c1ncn2c1CCC2)n1cc2c(Cl)cc(-c3cccc(F)c3N3CCOCC3)c(F)c2n1. The van der Waals surface area contributed by atoms with Crippen LogP contribution in [-0.4, -0.2) is 56.5 Å². The largest absolute Gasteiger partial charge is 0.378 e. The van der Waals surface area contributed by atoms with Gasteiger partial charge in [-0.15, -0.1) is 11.3 Å². The normalized spacial score (nSPS) is 15.8. The van der Waals surface area contributed by atoms with E-state index in [-0.39, 0.29) is 16.1 Å². The van der Waals surface area contributed by atoms with Gasteiger partial charge in [-0.25, -0.2) is 18.7 Å². The topological polar surface area (TPSA) is 90.1 Å². The van der Waals surface area contributed by atoms with Crippen LogP contribution >= 0.6 is 22.9 Å². The van der Waals surface area contributed by atoms with Gasteiger partial charge in [0.1, 0.15) is 11.3 Å². The molecule has 1 saturated heterocycles. The molecule has 1 amide bonds. The molecule has 1 fully saturated rings. The number of carbonyl (C=O) groups is 1. The first kappa shape index (κ1) is 26.1. The molecule has 0 radical (unpaired) electrons. The summed E-state index contributed by atoms with van der Waals surface area (Å²) < 4.78 is 40.4. The highest BCUT2D eigenvalue weighted by Gasteiger charge is 2.33. The Morgan fingerprint density at radius 1 is 1.15 bits per heavy atom. The number of imidazole rings is 1. The third-order valence-corrected chi connectivity index (χ3v) is 8.54. The number of hydrogen-bond acceptors (Lipinski definition) is 7. The van der Waals surface area contributed by atoms with Crippen LogP contribution in [0.3, 0.4) is 0 Å². The minimum Gasteiger partial charge on any atom is -0.378 e. The Labute approximate surface area is 242 Å². The molecule has 2 aliphatic rings. The van der Waals surface area contributed by atoms with Crippen LogP contribution in [0.25, 0.3) is 22.0 Å². The number of benzene rings is 2. The first-order valence-corrected chi connectivity index (χ1v) is 14.5. The highest BCUT2D eigenvalue weighted by molar-refractivity contribution is 7.13. The van der Waals surface area contributed by atoms with Crippen LogP contribution < -0.4 is 10.2 Å². The third kappa shape index (κ3) is 4.55. The van der Waals surface area contributed by atoms with Crippen LogP contribution in [0.2, 0.25) is 5.02 Å². The predicted molar refractivity (Wildman–Crippen MR) is 153 cm³/mol. The van der Waals surface area contributed by atoms with E-state index in [2.05, 4.69) is 20.4 Å². The van der Waals surface area contributed by atoms with Crippen LogP contribution in [-0.2, 0) is 22.5 Å². The van der Waals surface area contributed by atoms with Crippen molar-refractivity contribution in [1.29, 1.82) is 0 Å². The third-order valence-electron chi connectivity index (χ3n) is 7.53. The number of rotatable bonds is 6. The molecule has 1 N–H and O–H groups in total. The van der Waals surface area contributed by atoms with Crippen molar-refractivity contribution in [3.63, 3.8) is 0 Å². The number of para-hydroxylation sites is 1. The Bertz CT molecular complexity index is 1760. The van der Waals surface area contributed by atoms with Crippen LogP contribution in [0, 0.1) is 11.6 Å². The number of aromatic nitrogens is 5. The Morgan fingerprint density at radius 2 is 2.00 bits per heavy atom. The molecule has 7 rings (SSSR count). The number of carbonyl (C=O) groups excluding carboxylic acids is 1. The van der Waals surface area contributed by atoms with Crippen LogP contribution in [0.4, 0.5) is 19.6 Å². The van der Waals surface area contributed by atoms with E-state index in [4.69, 9.17) is 16.3 Å². The summed E-state index contributed by atoms with van der Waals surface area (Å²) in [5.41, 5.74) is 2.24. The molecule has 5 heterocycles. The smallest absolute Gasteiger partial charge is 0.257 e. The van der Waals surface area contributed by atoms with E-state index < -0.39 is 23.6 Å². The van der Waals surface area contributed by atoms with Crippen molar-refractivity contribution in [3.8, 4) is 11.1 Å². The maximum atomic E-state index is 16.3. The minimum absolute atomic E-state index is 0.0207. The van der Waals surface area contributed by atoms with Gasteiger partial charge >= 0.3 is 0 Å². The lowest BCUT2D eigenvalue weighted by Crippen LogP contribution is -2.37. The fourth-order valence-electron chi connectivity index (χ4n) is 5.65. The molecular weight excluding hydrogens is 572 g/mol. The number of aryl methyl sites for hydroxylation is 1. The molecule has 0 aliphatic carbocycles. The van der Waals surface area contributed by atoms with Gasteiger partial charge in [0.15, 0.2) is 17.0 Å². The van der Waals surface area contributed by atoms with E-state index in [1.54, 1.807) is 36.2 Å². The van der Waals surface area contributed by atoms with E-state index in [1.807, 2.05) is 9.47 Å². The number of thiazole rings is 1. The minimum atomic E-state index is -0.988. The molecular formula is C28H24ClF2N7O2S. The second-order valence-electron chi connectivity index (χ2n) is 9.93. The zero-order chi connectivity index (χ0) is 28.1. The van der Waals surface area contributed by atoms with Crippen molar-refractivity contribution in [2.45, 2.75) is 25.4 Å². The summed E-state index contributed by atoms with van der Waals surface area (Å²) in [6.45, 7) is 2.66. The summed E-state index contributed by atoms with van der Waals surface area (Å²) in [5.74, 6) is -1.52. The zero-order valence-corrected chi connectivity index (χ0v) is 23.3. The molecule has 0 bridgehead atoms. The van der Waals surface area contributed by atoms with Gasteiger partial charge in [-0.3, -0.25) is 14.8 Å². The lowest BCUT2D eigenvalue weighted by Gasteiger charge is -2.31. The van der Waals surface area contributed by atoms with Gasteiger partial charge in [0, 0.05) is 59.6 Å². The number of anilines is 2. The summed E-state index contributed by atoms with van der Waals surface area (Å²) in [7, 11) is 0. The summed E-state index contributed by atoms with van der Waals surface area (Å²) in [5, 5.41) is 10.1. The van der Waals surface area contributed by atoms with E-state index in [1.165, 1.54) is 28.2 Å². The zero-order valence-electron chi connectivity index (χ0n) is 21.7. The standard InChI is InChI=1S/C28H24ClF2N7O2S/c29-19-13-17(16-3-1-4-20(30)25(16)36-8-10-40-11-9-36)22(31)23-18(19)14-38(35-23)26(27(39)34-28-32-6-12-41-28)24-21-5-2-7-37(21)15-33-24/h1,3-4,6,12-15,26H,2,5,7-11H2,(H,32,34,39). The lowest BCUT2D eigenvalue weighted by molar-refractivity contribution is -0.118. The Kier molecular flexibility index (Phi) is 6.68. The maximum absolute atomic E-state index is 16.3. The van der Waals surface area contributed by atoms with Gasteiger partial charge in [0.05, 0.1) is 35.9 Å². The first-order valence-electron chi connectivity index (χ1n) is 13.2. The van der Waals surface area contributed by atoms with Crippen molar-refractivity contribution in [1.82, 2.24) is 24.3 Å². The van der Waals surface area contributed by atoms with Crippen molar-refractivity contribution in [2.24, 2.45) is 0 Å². The summed E-state index contributed by atoms with van der Waals surface area (Å²) in [4.78, 5) is 24.2. The molecule has 0 saturated carbocycles. The number of nitrogens with zero attached hydrogens (tertiary/aromatic N) is 6. The second-order valence-corrected chi connectivity index (χ2v) is 11.2. The fourth-order valence-corrected chi connectivity index (χ4v) is 6.43. The molecule has 1 unspecified atom stereocenters. The van der Waals surface area contributed by atoms with Crippen molar-refractivity contribution < 1.29 is 18.3 Å². The number of nitrogens with one attached hydrogen (secondary N) is 1. The number of morpholine rings is 1.